The Hall–Kier alpha value is -0.730. The van der Waals surface area contributed by atoms with Gasteiger partial charge < -0.3 is 5.11 Å². The zero-order valence-electron chi connectivity index (χ0n) is 9.50. The van der Waals surface area contributed by atoms with Gasteiger partial charge in [0.1, 0.15) is 4.21 Å². The summed E-state index contributed by atoms with van der Waals surface area (Å²) in [7, 11) is -3.44. The highest BCUT2D eigenvalue weighted by Gasteiger charge is 2.15. The lowest BCUT2D eigenvalue weighted by Crippen LogP contribution is -2.25. The number of aliphatic hydroxyl groups is 1. The Balaban J connectivity index is 1.95. The molecule has 2 aromatic heterocycles. The fraction of sp³-hybridized carbons (Fsp3) is 0.273. The predicted octanol–water partition coefficient (Wildman–Crippen LogP) is 1.82. The maximum atomic E-state index is 11.9. The molecule has 0 atom stereocenters. The first kappa shape index (κ1) is 13.7. The van der Waals surface area contributed by atoms with E-state index in [9.17, 15) is 8.42 Å². The van der Waals surface area contributed by atoms with Crippen molar-refractivity contribution in [2.24, 2.45) is 0 Å². The van der Waals surface area contributed by atoms with Crippen LogP contribution in [-0.2, 0) is 23.1 Å². The molecule has 98 valence electrons. The minimum atomic E-state index is -3.44. The molecule has 18 heavy (non-hydrogen) atoms. The Labute approximate surface area is 114 Å². The van der Waals surface area contributed by atoms with Crippen LogP contribution in [0.25, 0.3) is 0 Å². The van der Waals surface area contributed by atoms with Crippen molar-refractivity contribution in [3.05, 3.63) is 39.4 Å². The summed E-state index contributed by atoms with van der Waals surface area (Å²) in [6.07, 6.45) is 0.682. The van der Waals surface area contributed by atoms with E-state index in [0.29, 0.717) is 17.8 Å². The van der Waals surface area contributed by atoms with Crippen LogP contribution in [0.3, 0.4) is 0 Å². The highest BCUT2D eigenvalue weighted by molar-refractivity contribution is 7.91. The van der Waals surface area contributed by atoms with Gasteiger partial charge in [-0.2, -0.15) is 11.3 Å². The van der Waals surface area contributed by atoms with E-state index >= 15 is 0 Å². The van der Waals surface area contributed by atoms with Crippen LogP contribution in [-0.4, -0.2) is 20.1 Å². The van der Waals surface area contributed by atoms with Crippen molar-refractivity contribution in [2.75, 3.05) is 6.54 Å². The Morgan fingerprint density at radius 2 is 2.11 bits per heavy atom. The second-order valence-electron chi connectivity index (χ2n) is 3.66. The molecule has 0 amide bonds. The van der Waals surface area contributed by atoms with Gasteiger partial charge in [-0.3, -0.25) is 0 Å². The molecule has 0 unspecified atom stereocenters. The predicted molar refractivity (Wildman–Crippen MR) is 73.5 cm³/mol. The largest absolute Gasteiger partial charge is 0.391 e. The van der Waals surface area contributed by atoms with Crippen LogP contribution in [0.15, 0.2) is 33.2 Å². The van der Waals surface area contributed by atoms with Gasteiger partial charge in [-0.15, -0.1) is 11.3 Å². The summed E-state index contributed by atoms with van der Waals surface area (Å²) in [5, 5.41) is 12.9. The van der Waals surface area contributed by atoms with Crippen molar-refractivity contribution in [1.82, 2.24) is 4.72 Å². The molecular formula is C11H13NO3S3. The van der Waals surface area contributed by atoms with Gasteiger partial charge in [0.2, 0.25) is 10.0 Å². The van der Waals surface area contributed by atoms with Gasteiger partial charge in [0, 0.05) is 11.4 Å². The molecule has 0 radical (unpaired) electrons. The fourth-order valence-corrected chi connectivity index (χ4v) is 4.42. The minimum absolute atomic E-state index is 0.130. The number of hydrogen-bond donors (Lipinski definition) is 2. The average molecular weight is 303 g/mol. The van der Waals surface area contributed by atoms with E-state index in [1.807, 2.05) is 16.8 Å². The summed E-state index contributed by atoms with van der Waals surface area (Å²) in [4.78, 5) is 0.646. The zero-order valence-corrected chi connectivity index (χ0v) is 11.9. The SMILES string of the molecule is O=S(=O)(NCCc1ccsc1)c1ccc(CO)s1. The van der Waals surface area contributed by atoms with Crippen LogP contribution < -0.4 is 4.72 Å². The molecule has 4 nitrogen and oxygen atoms in total. The highest BCUT2D eigenvalue weighted by Crippen LogP contribution is 2.21. The smallest absolute Gasteiger partial charge is 0.250 e. The summed E-state index contributed by atoms with van der Waals surface area (Å²) in [5.74, 6) is 0. The lowest BCUT2D eigenvalue weighted by Gasteiger charge is -2.03. The van der Waals surface area contributed by atoms with E-state index in [1.165, 1.54) is 6.07 Å². The Bertz CT molecular complexity index is 587. The van der Waals surface area contributed by atoms with Crippen LogP contribution in [0.4, 0.5) is 0 Å². The van der Waals surface area contributed by atoms with Crippen molar-refractivity contribution in [3.8, 4) is 0 Å². The summed E-state index contributed by atoms with van der Waals surface area (Å²) < 4.78 is 26.6. The quantitative estimate of drug-likeness (QED) is 0.855. The van der Waals surface area contributed by atoms with Crippen molar-refractivity contribution in [1.29, 1.82) is 0 Å². The summed E-state index contributed by atoms with van der Waals surface area (Å²) in [6.45, 7) is 0.251. The van der Waals surface area contributed by atoms with E-state index in [4.69, 9.17) is 5.11 Å². The van der Waals surface area contributed by atoms with Crippen molar-refractivity contribution < 1.29 is 13.5 Å². The molecule has 0 aliphatic rings. The summed E-state index contributed by atoms with van der Waals surface area (Å²) in [5.41, 5.74) is 1.13. The van der Waals surface area contributed by atoms with E-state index in [2.05, 4.69) is 4.72 Å². The standard InChI is InChI=1S/C11H13NO3S3/c13-7-10-1-2-11(17-10)18(14,15)12-5-3-9-4-6-16-8-9/h1-2,4,6,8,12-13H,3,5,7H2. The molecule has 0 saturated carbocycles. The molecule has 2 N–H and O–H groups in total. The van der Waals surface area contributed by atoms with E-state index in [0.717, 1.165) is 16.9 Å². The van der Waals surface area contributed by atoms with Gasteiger partial charge >= 0.3 is 0 Å². The lowest BCUT2D eigenvalue weighted by atomic mass is 10.2. The van der Waals surface area contributed by atoms with Crippen molar-refractivity contribution >= 4 is 32.7 Å². The van der Waals surface area contributed by atoms with Gasteiger partial charge in [-0.05, 0) is 40.9 Å². The maximum absolute atomic E-state index is 11.9. The first-order valence-corrected chi connectivity index (χ1v) is 8.56. The highest BCUT2D eigenvalue weighted by atomic mass is 32.2. The average Bonchev–Trinajstić information content (AvgIpc) is 2.99. The Kier molecular flexibility index (Phi) is 4.52. The van der Waals surface area contributed by atoms with Crippen molar-refractivity contribution in [3.63, 3.8) is 0 Å². The maximum Gasteiger partial charge on any atom is 0.250 e. The lowest BCUT2D eigenvalue weighted by molar-refractivity contribution is 0.285. The third kappa shape index (κ3) is 3.39. The molecule has 7 heteroatoms. The number of sulfonamides is 1. The topological polar surface area (TPSA) is 66.4 Å². The number of aliphatic hydroxyl groups excluding tert-OH is 1. The summed E-state index contributed by atoms with van der Waals surface area (Å²) in [6, 6.07) is 5.12. The van der Waals surface area contributed by atoms with Crippen LogP contribution in [0.5, 0.6) is 0 Å². The molecule has 0 aliphatic carbocycles. The molecule has 0 aromatic carbocycles. The fourth-order valence-electron chi connectivity index (χ4n) is 1.42. The first-order chi connectivity index (χ1) is 8.62. The molecule has 0 saturated heterocycles. The molecule has 2 rings (SSSR count). The normalized spacial score (nSPS) is 11.8. The van der Waals surface area contributed by atoms with Gasteiger partial charge in [-0.25, -0.2) is 13.1 Å². The van der Waals surface area contributed by atoms with Gasteiger partial charge in [-0.1, -0.05) is 0 Å². The van der Waals surface area contributed by atoms with Gasteiger partial charge in [0.05, 0.1) is 6.61 Å². The Morgan fingerprint density at radius 3 is 2.72 bits per heavy atom. The second-order valence-corrected chi connectivity index (χ2v) is 7.60. The molecule has 0 aliphatic heterocycles. The van der Waals surface area contributed by atoms with E-state index in [-0.39, 0.29) is 10.8 Å². The number of hydrogen-bond acceptors (Lipinski definition) is 5. The molecule has 2 heterocycles. The van der Waals surface area contributed by atoms with Crippen LogP contribution in [0.1, 0.15) is 10.4 Å². The molecule has 0 bridgehead atoms. The van der Waals surface area contributed by atoms with Crippen molar-refractivity contribution in [2.45, 2.75) is 17.2 Å². The van der Waals surface area contributed by atoms with Crippen LogP contribution >= 0.6 is 22.7 Å². The van der Waals surface area contributed by atoms with Crippen LogP contribution in [0.2, 0.25) is 0 Å². The van der Waals surface area contributed by atoms with Gasteiger partial charge in [0.15, 0.2) is 0 Å². The van der Waals surface area contributed by atoms with E-state index in [1.54, 1.807) is 17.4 Å². The molecule has 0 fully saturated rings. The monoisotopic (exact) mass is 303 g/mol. The van der Waals surface area contributed by atoms with Gasteiger partial charge in [0.25, 0.3) is 0 Å². The summed E-state index contributed by atoms with van der Waals surface area (Å²) >= 11 is 2.69. The number of thiophene rings is 2. The number of rotatable bonds is 6. The Morgan fingerprint density at radius 1 is 1.28 bits per heavy atom. The third-order valence-corrected chi connectivity index (χ3v) is 6.10. The molecule has 0 spiro atoms. The first-order valence-electron chi connectivity index (χ1n) is 5.32. The third-order valence-electron chi connectivity index (χ3n) is 2.34. The second kappa shape index (κ2) is 5.94. The zero-order chi connectivity index (χ0) is 13.0. The molecule has 2 aromatic rings. The minimum Gasteiger partial charge on any atom is -0.391 e. The van der Waals surface area contributed by atoms with Crippen LogP contribution in [0, 0.1) is 0 Å². The number of nitrogens with one attached hydrogen (secondary N) is 1. The molecular weight excluding hydrogens is 290 g/mol. The van der Waals surface area contributed by atoms with E-state index < -0.39 is 10.0 Å².